The minimum atomic E-state index is -1.02. The molecule has 1 rings (SSSR count). The Morgan fingerprint density at radius 3 is 2.04 bits per heavy atom. The van der Waals surface area contributed by atoms with Crippen LogP contribution in [0.25, 0.3) is 0 Å². The number of carbonyl (C=O) groups excluding carboxylic acids is 3. The van der Waals surface area contributed by atoms with Gasteiger partial charge in [-0.2, -0.15) is 0 Å². The summed E-state index contributed by atoms with van der Waals surface area (Å²) in [6, 6.07) is -1.02. The van der Waals surface area contributed by atoms with Gasteiger partial charge in [-0.25, -0.2) is 0 Å². The lowest BCUT2D eigenvalue weighted by Crippen LogP contribution is -2.50. The summed E-state index contributed by atoms with van der Waals surface area (Å²) in [6.45, 7) is 10.5. The number of unbranched alkanes of at least 4 members (excludes halogenated alkanes) is 1. The Hall–Kier alpha value is -1.51. The summed E-state index contributed by atoms with van der Waals surface area (Å²) in [5.41, 5.74) is 0. The predicted octanol–water partition coefficient (Wildman–Crippen LogP) is 1.03. The maximum atomic E-state index is 11.8. The van der Waals surface area contributed by atoms with Crippen LogP contribution in [-0.4, -0.2) is 66.8 Å². The molecule has 0 aromatic carbocycles. The molecule has 4 N–H and O–H groups in total. The molecule has 1 fully saturated rings. The van der Waals surface area contributed by atoms with Crippen LogP contribution < -0.4 is 10.6 Å². The van der Waals surface area contributed by atoms with Gasteiger partial charge in [0.2, 0.25) is 11.8 Å². The first-order valence-corrected chi connectivity index (χ1v) is 9.94. The zero-order valence-corrected chi connectivity index (χ0v) is 18.3. The molecule has 166 valence electrons. The molecule has 2 unspecified atom stereocenters. The third kappa shape index (κ3) is 17.9. The van der Waals surface area contributed by atoms with Crippen LogP contribution in [0.4, 0.5) is 0 Å². The molecule has 1 aliphatic rings. The number of aliphatic hydroxyl groups excluding tert-OH is 2. The molecule has 1 saturated heterocycles. The third-order valence-corrected chi connectivity index (χ3v) is 3.40. The normalized spacial score (nSPS) is 15.6. The molecule has 0 spiro atoms. The van der Waals surface area contributed by atoms with E-state index in [0.717, 1.165) is 32.3 Å². The number of ketones is 1. The van der Waals surface area contributed by atoms with Gasteiger partial charge in [-0.1, -0.05) is 47.5 Å². The fraction of sp³-hybridized carbons (Fsp3) is 0.850. The van der Waals surface area contributed by atoms with Gasteiger partial charge >= 0.3 is 0 Å². The molecule has 8 heteroatoms. The molecule has 1 heterocycles. The van der Waals surface area contributed by atoms with Gasteiger partial charge in [0.05, 0.1) is 19.8 Å². The Balaban J connectivity index is 0. The largest absolute Gasteiger partial charge is 0.400 e. The molecular weight excluding hydrogens is 364 g/mol. The van der Waals surface area contributed by atoms with Crippen molar-refractivity contribution in [2.75, 3.05) is 26.9 Å². The van der Waals surface area contributed by atoms with Crippen molar-refractivity contribution in [1.82, 2.24) is 10.6 Å². The number of hydrogen-bond acceptors (Lipinski definition) is 6. The van der Waals surface area contributed by atoms with E-state index in [9.17, 15) is 19.5 Å². The number of Topliss-reactive ketones (excluding diaryl/α,β-unsaturated/α-hetero) is 1. The molecule has 0 radical (unpaired) electrons. The van der Waals surface area contributed by atoms with E-state index in [-0.39, 0.29) is 18.2 Å². The molecule has 0 aromatic heterocycles. The van der Waals surface area contributed by atoms with Crippen LogP contribution in [0.5, 0.6) is 0 Å². The van der Waals surface area contributed by atoms with Crippen LogP contribution in [0, 0.1) is 11.8 Å². The van der Waals surface area contributed by atoms with Crippen LogP contribution in [0.3, 0.4) is 0 Å². The fourth-order valence-corrected chi connectivity index (χ4v) is 1.94. The topological polar surface area (TPSA) is 128 Å². The maximum Gasteiger partial charge on any atom is 0.245 e. The van der Waals surface area contributed by atoms with Crippen molar-refractivity contribution in [2.24, 2.45) is 11.8 Å². The number of ether oxygens (including phenoxy) is 1. The first-order chi connectivity index (χ1) is 13.2. The second-order valence-corrected chi connectivity index (χ2v) is 7.68. The van der Waals surface area contributed by atoms with E-state index in [1.807, 2.05) is 0 Å². The SMILES string of the molecule is CC(C)C.CC(C)CCCCC(=O)NC(CO)C(=O)NCC(=O)C1CO1.CO. The second-order valence-electron chi connectivity index (χ2n) is 7.68. The Morgan fingerprint density at radius 1 is 1.07 bits per heavy atom. The first-order valence-electron chi connectivity index (χ1n) is 9.94. The average molecular weight is 405 g/mol. The Kier molecular flexibility index (Phi) is 18.0. The number of nitrogens with one attached hydrogen (secondary N) is 2. The van der Waals surface area contributed by atoms with Crippen LogP contribution in [-0.2, 0) is 19.1 Å². The van der Waals surface area contributed by atoms with Crippen LogP contribution >= 0.6 is 0 Å². The van der Waals surface area contributed by atoms with Gasteiger partial charge in [0, 0.05) is 13.5 Å². The van der Waals surface area contributed by atoms with Crippen LogP contribution in [0.2, 0.25) is 0 Å². The number of amides is 2. The van der Waals surface area contributed by atoms with E-state index < -0.39 is 24.7 Å². The highest BCUT2D eigenvalue weighted by Gasteiger charge is 2.31. The number of rotatable bonds is 11. The highest BCUT2D eigenvalue weighted by Crippen LogP contribution is 2.09. The lowest BCUT2D eigenvalue weighted by atomic mass is 10.1. The van der Waals surface area contributed by atoms with Crippen molar-refractivity contribution in [3.8, 4) is 0 Å². The van der Waals surface area contributed by atoms with Gasteiger partial charge in [0.25, 0.3) is 0 Å². The van der Waals surface area contributed by atoms with E-state index in [0.29, 0.717) is 18.9 Å². The van der Waals surface area contributed by atoms with Crippen molar-refractivity contribution in [1.29, 1.82) is 0 Å². The number of hydrogen-bond donors (Lipinski definition) is 4. The molecule has 8 nitrogen and oxygen atoms in total. The van der Waals surface area contributed by atoms with E-state index in [2.05, 4.69) is 45.3 Å². The Morgan fingerprint density at radius 2 is 1.61 bits per heavy atom. The zero-order valence-electron chi connectivity index (χ0n) is 18.3. The van der Waals surface area contributed by atoms with Gasteiger partial charge < -0.3 is 25.6 Å². The summed E-state index contributed by atoms with van der Waals surface area (Å²) < 4.78 is 4.81. The van der Waals surface area contributed by atoms with E-state index in [4.69, 9.17) is 9.84 Å². The molecule has 2 atom stereocenters. The summed E-state index contributed by atoms with van der Waals surface area (Å²) in [5.74, 6) is 0.402. The number of carbonyl (C=O) groups is 3. The third-order valence-electron chi connectivity index (χ3n) is 3.40. The minimum Gasteiger partial charge on any atom is -0.400 e. The Labute approximate surface area is 169 Å². The van der Waals surface area contributed by atoms with Crippen molar-refractivity contribution in [2.45, 2.75) is 72.4 Å². The molecule has 1 aliphatic heterocycles. The summed E-state index contributed by atoms with van der Waals surface area (Å²) in [4.78, 5) is 34.9. The molecule has 0 aromatic rings. The standard InChI is InChI=1S/C15H26N2O5.C4H10.CH4O/c1-10(2)5-3-4-6-14(20)17-11(8-18)15(21)16-7-12(19)13-9-22-13;1-4(2)3;1-2/h10-11,13,18H,3-9H2,1-2H3,(H,16,21)(H,17,20);4H,1-3H3;2H,1H3. The number of epoxide rings is 1. The monoisotopic (exact) mass is 404 g/mol. The minimum absolute atomic E-state index is 0.149. The molecule has 0 aliphatic carbocycles. The Bertz CT molecular complexity index is 434. The molecule has 0 bridgehead atoms. The van der Waals surface area contributed by atoms with E-state index in [1.54, 1.807) is 0 Å². The average Bonchev–Trinajstić information content (AvgIpc) is 3.47. The van der Waals surface area contributed by atoms with Crippen molar-refractivity contribution >= 4 is 17.6 Å². The lowest BCUT2D eigenvalue weighted by Gasteiger charge is -2.16. The highest BCUT2D eigenvalue weighted by atomic mass is 16.6. The maximum absolute atomic E-state index is 11.8. The summed E-state index contributed by atoms with van der Waals surface area (Å²) in [7, 11) is 1.00. The second kappa shape index (κ2) is 17.6. The van der Waals surface area contributed by atoms with Crippen molar-refractivity contribution in [3.63, 3.8) is 0 Å². The van der Waals surface area contributed by atoms with Crippen molar-refractivity contribution in [3.05, 3.63) is 0 Å². The van der Waals surface area contributed by atoms with Crippen LogP contribution in [0.15, 0.2) is 0 Å². The quantitative estimate of drug-likeness (QED) is 0.301. The highest BCUT2D eigenvalue weighted by molar-refractivity contribution is 5.93. The van der Waals surface area contributed by atoms with Gasteiger partial charge in [0.15, 0.2) is 5.78 Å². The van der Waals surface area contributed by atoms with E-state index >= 15 is 0 Å². The van der Waals surface area contributed by atoms with Gasteiger partial charge in [0.1, 0.15) is 12.1 Å². The molecule has 28 heavy (non-hydrogen) atoms. The summed E-state index contributed by atoms with van der Waals surface area (Å²) in [6.07, 6.45) is 2.68. The van der Waals surface area contributed by atoms with Crippen LogP contribution in [0.1, 0.15) is 60.3 Å². The van der Waals surface area contributed by atoms with Gasteiger partial charge in [-0.3, -0.25) is 14.4 Å². The molecule has 2 amide bonds. The lowest BCUT2D eigenvalue weighted by molar-refractivity contribution is -0.131. The fourth-order valence-electron chi connectivity index (χ4n) is 1.94. The summed E-state index contributed by atoms with van der Waals surface area (Å²) >= 11 is 0. The van der Waals surface area contributed by atoms with E-state index in [1.165, 1.54) is 0 Å². The van der Waals surface area contributed by atoms with Gasteiger partial charge in [-0.05, 0) is 18.3 Å². The van der Waals surface area contributed by atoms with Gasteiger partial charge in [-0.15, -0.1) is 0 Å². The zero-order chi connectivity index (χ0) is 22.1. The predicted molar refractivity (Wildman–Crippen MR) is 109 cm³/mol. The molecule has 0 saturated carbocycles. The number of aliphatic hydroxyl groups is 2. The van der Waals surface area contributed by atoms with Crippen molar-refractivity contribution < 1.29 is 29.3 Å². The molecular formula is C20H40N2O6. The first kappa shape index (κ1) is 28.7. The smallest absolute Gasteiger partial charge is 0.245 e. The summed E-state index contributed by atoms with van der Waals surface area (Å²) in [5, 5.41) is 21.1.